The first-order valence-corrected chi connectivity index (χ1v) is 3.96. The summed E-state index contributed by atoms with van der Waals surface area (Å²) in [6.45, 7) is 4.45. The maximum atomic E-state index is 10.7. The molecule has 0 rings (SSSR count). The van der Waals surface area contributed by atoms with Gasteiger partial charge < -0.3 is 4.74 Å². The van der Waals surface area contributed by atoms with Gasteiger partial charge in [-0.1, -0.05) is 19.8 Å². The van der Waals surface area contributed by atoms with E-state index < -0.39 is 0 Å². The van der Waals surface area contributed by atoms with Gasteiger partial charge in [-0.2, -0.15) is 0 Å². The van der Waals surface area contributed by atoms with Crippen LogP contribution in [0.1, 0.15) is 39.5 Å². The Balaban J connectivity index is 0. The van der Waals surface area contributed by atoms with E-state index in [1.54, 1.807) is 0 Å². The van der Waals surface area contributed by atoms with Gasteiger partial charge in [0.2, 0.25) is 0 Å². The van der Waals surface area contributed by atoms with E-state index in [2.05, 4.69) is 6.92 Å². The average Bonchev–Trinajstić information content (AvgIpc) is 1.89. The van der Waals surface area contributed by atoms with Crippen molar-refractivity contribution in [3.63, 3.8) is 0 Å². The zero-order valence-electron chi connectivity index (χ0n) is 6.85. The fraction of sp³-hybridized carbons (Fsp3) is 0.875. The molecule has 0 amide bonds. The number of hydrogen-bond acceptors (Lipinski definition) is 2. The van der Waals surface area contributed by atoms with Crippen molar-refractivity contribution in [1.29, 1.82) is 0 Å². The van der Waals surface area contributed by atoms with Crippen LogP contribution in [-0.4, -0.2) is 36.5 Å². The SMILES string of the molecule is CCCCCC(=O)OCC.[SnH4]. The van der Waals surface area contributed by atoms with Crippen molar-refractivity contribution >= 4 is 29.9 Å². The van der Waals surface area contributed by atoms with E-state index in [1.165, 1.54) is 0 Å². The molecule has 0 aliphatic rings. The summed E-state index contributed by atoms with van der Waals surface area (Å²) in [7, 11) is 0. The Bertz CT molecular complexity index is 94.1. The van der Waals surface area contributed by atoms with Gasteiger partial charge >= 0.3 is 29.9 Å². The van der Waals surface area contributed by atoms with Gasteiger partial charge in [0, 0.05) is 6.42 Å². The van der Waals surface area contributed by atoms with Crippen LogP contribution in [0.5, 0.6) is 0 Å². The van der Waals surface area contributed by atoms with Crippen molar-refractivity contribution in [2.75, 3.05) is 6.61 Å². The summed E-state index contributed by atoms with van der Waals surface area (Å²) in [5.74, 6) is -0.0593. The summed E-state index contributed by atoms with van der Waals surface area (Å²) in [6.07, 6.45) is 3.83. The van der Waals surface area contributed by atoms with Crippen molar-refractivity contribution in [3.05, 3.63) is 0 Å². The normalized spacial score (nSPS) is 8.55. The summed E-state index contributed by atoms with van der Waals surface area (Å²) in [5.41, 5.74) is 0. The summed E-state index contributed by atoms with van der Waals surface area (Å²) in [5, 5.41) is 0. The van der Waals surface area contributed by atoms with E-state index in [-0.39, 0.29) is 29.9 Å². The second-order valence-electron chi connectivity index (χ2n) is 2.26. The monoisotopic (exact) mass is 268 g/mol. The van der Waals surface area contributed by atoms with Crippen molar-refractivity contribution in [3.8, 4) is 0 Å². The zero-order chi connectivity index (χ0) is 7.82. The molecule has 0 aliphatic carbocycles. The number of unbranched alkanes of at least 4 members (excludes halogenated alkanes) is 2. The molecule has 0 saturated carbocycles. The van der Waals surface area contributed by atoms with Crippen LogP contribution in [-0.2, 0) is 9.53 Å². The Morgan fingerprint density at radius 1 is 1.27 bits per heavy atom. The molecule has 0 fully saturated rings. The molecule has 0 unspecified atom stereocenters. The van der Waals surface area contributed by atoms with Gasteiger partial charge in [-0.15, -0.1) is 0 Å². The van der Waals surface area contributed by atoms with Crippen molar-refractivity contribution < 1.29 is 9.53 Å². The Hall–Kier alpha value is 0.269. The van der Waals surface area contributed by atoms with Crippen LogP contribution in [0.25, 0.3) is 0 Å². The number of carbonyl (C=O) groups is 1. The topological polar surface area (TPSA) is 26.3 Å². The number of ether oxygens (including phenoxy) is 1. The van der Waals surface area contributed by atoms with Crippen LogP contribution >= 0.6 is 0 Å². The molecule has 0 aliphatic heterocycles. The standard InChI is InChI=1S/C8H16O2.Sn.4H/c1-3-5-6-7-8(9)10-4-2;;;;;/h3-7H2,1-2H3;;;;;. The van der Waals surface area contributed by atoms with Gasteiger partial charge in [0.1, 0.15) is 0 Å². The van der Waals surface area contributed by atoms with Gasteiger partial charge in [-0.3, -0.25) is 4.79 Å². The zero-order valence-corrected chi connectivity index (χ0v) is 6.85. The summed E-state index contributed by atoms with van der Waals surface area (Å²) in [6, 6.07) is 0. The van der Waals surface area contributed by atoms with Crippen LogP contribution in [0.2, 0.25) is 0 Å². The average molecular weight is 267 g/mol. The van der Waals surface area contributed by atoms with Crippen LogP contribution in [0, 0.1) is 0 Å². The van der Waals surface area contributed by atoms with Gasteiger partial charge in [0.05, 0.1) is 6.61 Å². The first-order chi connectivity index (χ1) is 4.81. The quantitative estimate of drug-likeness (QED) is 0.416. The van der Waals surface area contributed by atoms with E-state index in [4.69, 9.17) is 4.74 Å². The third-order valence-electron chi connectivity index (χ3n) is 1.29. The predicted octanol–water partition coefficient (Wildman–Crippen LogP) is 0.678. The van der Waals surface area contributed by atoms with Gasteiger partial charge in [-0.05, 0) is 13.3 Å². The summed E-state index contributed by atoms with van der Waals surface area (Å²) in [4.78, 5) is 10.7. The summed E-state index contributed by atoms with van der Waals surface area (Å²) >= 11 is 0. The molecule has 0 atom stereocenters. The fourth-order valence-electron chi connectivity index (χ4n) is 0.752. The van der Waals surface area contributed by atoms with Crippen LogP contribution in [0.3, 0.4) is 0 Å². The van der Waals surface area contributed by atoms with Crippen molar-refractivity contribution in [1.82, 2.24) is 0 Å². The second-order valence-corrected chi connectivity index (χ2v) is 2.26. The number of carbonyl (C=O) groups excluding carboxylic acids is 1. The second kappa shape index (κ2) is 10.3. The molecule has 0 heterocycles. The van der Waals surface area contributed by atoms with E-state index in [1.807, 2.05) is 6.92 Å². The molecular weight excluding hydrogens is 247 g/mol. The van der Waals surface area contributed by atoms with E-state index >= 15 is 0 Å². The van der Waals surface area contributed by atoms with Crippen LogP contribution < -0.4 is 0 Å². The molecule has 11 heavy (non-hydrogen) atoms. The molecule has 0 saturated heterocycles. The molecular formula is C8H20O2Sn. The molecule has 68 valence electrons. The molecule has 2 nitrogen and oxygen atoms in total. The fourth-order valence-corrected chi connectivity index (χ4v) is 0.752. The third kappa shape index (κ3) is 10.3. The van der Waals surface area contributed by atoms with Crippen molar-refractivity contribution in [2.45, 2.75) is 39.5 Å². The Kier molecular flexibility index (Phi) is 12.9. The molecule has 0 aromatic heterocycles. The molecule has 0 aromatic carbocycles. The Labute approximate surface area is 85.6 Å². The molecule has 3 heteroatoms. The number of hydrogen-bond donors (Lipinski definition) is 0. The van der Waals surface area contributed by atoms with Gasteiger partial charge in [0.15, 0.2) is 0 Å². The van der Waals surface area contributed by atoms with E-state index in [0.29, 0.717) is 13.0 Å². The Morgan fingerprint density at radius 3 is 2.36 bits per heavy atom. The first-order valence-electron chi connectivity index (χ1n) is 3.96. The number of rotatable bonds is 5. The predicted molar refractivity (Wildman–Crippen MR) is 52.1 cm³/mol. The number of esters is 1. The molecule has 0 N–H and O–H groups in total. The first kappa shape index (κ1) is 13.8. The van der Waals surface area contributed by atoms with Gasteiger partial charge in [0.25, 0.3) is 0 Å². The molecule has 0 bridgehead atoms. The molecule has 0 aromatic rings. The Morgan fingerprint density at radius 2 is 1.91 bits per heavy atom. The molecule has 0 radical (unpaired) electrons. The minimum atomic E-state index is -0.0593. The van der Waals surface area contributed by atoms with Crippen LogP contribution in [0.4, 0.5) is 0 Å². The van der Waals surface area contributed by atoms with Crippen LogP contribution in [0.15, 0.2) is 0 Å². The maximum absolute atomic E-state index is 10.7. The minimum absolute atomic E-state index is 0. The molecule has 0 spiro atoms. The van der Waals surface area contributed by atoms with E-state index in [9.17, 15) is 4.79 Å². The summed E-state index contributed by atoms with van der Waals surface area (Å²) < 4.78 is 4.75. The third-order valence-corrected chi connectivity index (χ3v) is 1.29. The van der Waals surface area contributed by atoms with Crippen molar-refractivity contribution in [2.24, 2.45) is 0 Å². The van der Waals surface area contributed by atoms with Gasteiger partial charge in [-0.25, -0.2) is 0 Å². The van der Waals surface area contributed by atoms with E-state index in [0.717, 1.165) is 19.3 Å².